The Balaban J connectivity index is 0.000000295. The van der Waals surface area contributed by atoms with E-state index < -0.39 is 55.5 Å². The van der Waals surface area contributed by atoms with E-state index in [0.717, 1.165) is 58.1 Å². The fourth-order valence-electron chi connectivity index (χ4n) is 9.83. The molecule has 6 amide bonds. The molecule has 2 aliphatic rings. The molecule has 0 aromatic carbocycles. The predicted molar refractivity (Wildman–Crippen MR) is 294 cm³/mol. The largest absolute Gasteiger partial charge is 0.540 e. The number of aromatic nitrogens is 4. The molecule has 4 heterocycles. The van der Waals surface area contributed by atoms with E-state index in [-0.39, 0.29) is 79.2 Å². The molecule has 0 bridgehead atoms. The van der Waals surface area contributed by atoms with Gasteiger partial charge in [-0.05, 0) is 79.8 Å². The summed E-state index contributed by atoms with van der Waals surface area (Å²) in [5, 5.41) is 27.0. The summed E-state index contributed by atoms with van der Waals surface area (Å²) >= 11 is 0. The number of carboxylic acids is 1. The van der Waals surface area contributed by atoms with E-state index in [2.05, 4.69) is 103 Å². The number of allylic oxidation sites excluding steroid dienone is 6. The summed E-state index contributed by atoms with van der Waals surface area (Å²) in [5.74, 6) is -6.32. The average molecular weight is 1060 g/mol. The van der Waals surface area contributed by atoms with Crippen molar-refractivity contribution in [2.45, 2.75) is 104 Å². The minimum atomic E-state index is -2.76. The van der Waals surface area contributed by atoms with Crippen LogP contribution in [-0.2, 0) is 19.2 Å². The summed E-state index contributed by atoms with van der Waals surface area (Å²) in [7, 11) is 5.74. The van der Waals surface area contributed by atoms with Crippen molar-refractivity contribution in [3.8, 4) is 11.5 Å². The van der Waals surface area contributed by atoms with Gasteiger partial charge >= 0.3 is 29.6 Å². The Morgan fingerprint density at radius 2 is 1.08 bits per heavy atom. The smallest absolute Gasteiger partial charge is 0.336 e. The number of carbonyl (C=O) groups excluding carboxylic acids is 6. The van der Waals surface area contributed by atoms with Crippen molar-refractivity contribution in [2.24, 2.45) is 11.8 Å². The lowest BCUT2D eigenvalue weighted by Gasteiger charge is -2.42. The van der Waals surface area contributed by atoms with Crippen LogP contribution in [0.3, 0.4) is 0 Å². The van der Waals surface area contributed by atoms with Crippen molar-refractivity contribution >= 4 is 83.2 Å². The standard InChI is InChI=1S/C32H45N5O6Si.C23H27N5O4/c1-18(2)44(19(3)4,20(5)6)43-27-25-24(23(32(41)42)16-17-33-25)28(37(10)31(40)30(39)36(8)9)35-26(27)29(38)34-21(7)22-14-12-11-13-15-22;1-13-11-12-24-17-16(13)20(28(5)23(32)22(31)27(3)4)26-18(19(17)29)21(30)25-14(2)15-9-7-6-8-10-15/h11-12,16-20,22H,7,13-15H2,1-6,8-10H3,(H,34,38)(H,41,42);6-7,11-12,15,29H,2,8-10H2,1,3-5H3,(H,25,30). The van der Waals surface area contributed by atoms with Crippen LogP contribution in [0.25, 0.3) is 21.8 Å². The molecule has 0 spiro atoms. The maximum absolute atomic E-state index is 14.1. The molecule has 4 aromatic rings. The topological polar surface area (TPSA) is 258 Å². The van der Waals surface area contributed by atoms with Gasteiger partial charge in [0.1, 0.15) is 22.7 Å². The molecule has 4 N–H and O–H groups in total. The first kappa shape index (κ1) is 59.1. The van der Waals surface area contributed by atoms with Crippen LogP contribution in [0.2, 0.25) is 16.6 Å². The van der Waals surface area contributed by atoms with Gasteiger partial charge in [0.15, 0.2) is 22.9 Å². The van der Waals surface area contributed by atoms with Crippen LogP contribution in [0.5, 0.6) is 11.5 Å². The van der Waals surface area contributed by atoms with E-state index >= 15 is 0 Å². The third-order valence-electron chi connectivity index (χ3n) is 14.0. The molecular formula is C55H72N10O10Si. The molecule has 76 heavy (non-hydrogen) atoms. The van der Waals surface area contributed by atoms with Crippen molar-refractivity contribution < 1.29 is 48.2 Å². The lowest BCUT2D eigenvalue weighted by Crippen LogP contribution is -2.51. The number of aromatic hydroxyl groups is 1. The minimum Gasteiger partial charge on any atom is -0.540 e. The Morgan fingerprint density at radius 3 is 1.51 bits per heavy atom. The van der Waals surface area contributed by atoms with Crippen LogP contribution in [0.1, 0.15) is 117 Å². The Labute approximate surface area is 445 Å². The van der Waals surface area contributed by atoms with E-state index in [0.29, 0.717) is 22.3 Å². The van der Waals surface area contributed by atoms with Gasteiger partial charge in [-0.15, -0.1) is 0 Å². The van der Waals surface area contributed by atoms with Crippen molar-refractivity contribution in [1.29, 1.82) is 0 Å². The Morgan fingerprint density at radius 1 is 0.645 bits per heavy atom. The van der Waals surface area contributed by atoms with Gasteiger partial charge in [0.05, 0.1) is 16.3 Å². The Kier molecular flexibility index (Phi) is 19.2. The SMILES string of the molecule is C=C(NC(=O)c1nc(N(C)C(=O)C(=O)N(C)C)c2c(C(=O)O)ccnc2c1O[Si](C(C)C)(C(C)C)C(C)C)C1CC=CCC1.C=C(NC(=O)c1nc(N(C)C(=O)C(=O)N(C)C)c2c(C)ccnc2c1O)C1CC=CCC1. The molecule has 20 nitrogen and oxygen atoms in total. The summed E-state index contributed by atoms with van der Waals surface area (Å²) in [4.78, 5) is 112. The molecule has 2 aliphatic carbocycles. The highest BCUT2D eigenvalue weighted by Crippen LogP contribution is 2.46. The molecular weight excluding hydrogens is 989 g/mol. The lowest BCUT2D eigenvalue weighted by molar-refractivity contribution is -0.142. The third kappa shape index (κ3) is 12.3. The minimum absolute atomic E-state index is 0.00984. The van der Waals surface area contributed by atoms with Gasteiger partial charge in [-0.1, -0.05) is 79.0 Å². The van der Waals surface area contributed by atoms with E-state index in [1.54, 1.807) is 13.0 Å². The number of pyridine rings is 4. The normalized spacial score (nSPS) is 15.2. The van der Waals surface area contributed by atoms with Crippen LogP contribution in [0, 0.1) is 18.8 Å². The summed E-state index contributed by atoms with van der Waals surface area (Å²) in [6, 6.07) is 2.99. The lowest BCUT2D eigenvalue weighted by atomic mass is 9.92. The molecule has 0 aliphatic heterocycles. The Hall–Kier alpha value is -7.81. The second kappa shape index (κ2) is 24.7. The van der Waals surface area contributed by atoms with E-state index in [1.807, 2.05) is 6.08 Å². The zero-order valence-corrected chi connectivity index (χ0v) is 46.9. The second-order valence-corrected chi connectivity index (χ2v) is 25.8. The quantitative estimate of drug-likeness (QED) is 0.0533. The Bertz CT molecular complexity index is 3020. The average Bonchev–Trinajstić information content (AvgIpc) is 3.38. The summed E-state index contributed by atoms with van der Waals surface area (Å²) in [5.41, 5.74) is 1.56. The highest BCUT2D eigenvalue weighted by molar-refractivity contribution is 6.78. The van der Waals surface area contributed by atoms with Gasteiger partial charge in [-0.2, -0.15) is 0 Å². The zero-order chi connectivity index (χ0) is 56.7. The van der Waals surface area contributed by atoms with E-state index in [1.165, 1.54) is 60.7 Å². The number of fused-ring (bicyclic) bond motifs is 2. The fourth-order valence-corrected chi connectivity index (χ4v) is 15.1. The number of nitrogens with zero attached hydrogens (tertiary/aromatic N) is 8. The fraction of sp³-hybridized carbons (Fsp3) is 0.436. The first-order valence-electron chi connectivity index (χ1n) is 25.2. The van der Waals surface area contributed by atoms with Crippen molar-refractivity contribution in [1.82, 2.24) is 40.4 Å². The molecule has 0 saturated carbocycles. The molecule has 406 valence electrons. The summed E-state index contributed by atoms with van der Waals surface area (Å²) < 4.78 is 7.04. The highest BCUT2D eigenvalue weighted by Gasteiger charge is 2.48. The monoisotopic (exact) mass is 1060 g/mol. The van der Waals surface area contributed by atoms with Gasteiger partial charge in [0.2, 0.25) is 0 Å². The first-order valence-corrected chi connectivity index (χ1v) is 27.3. The third-order valence-corrected chi connectivity index (χ3v) is 20.0. The number of rotatable bonds is 14. The number of aromatic carboxylic acids is 1. The molecule has 4 aromatic heterocycles. The summed E-state index contributed by atoms with van der Waals surface area (Å²) in [6.07, 6.45) is 16.1. The predicted octanol–water partition coefficient (Wildman–Crippen LogP) is 7.83. The van der Waals surface area contributed by atoms with Gasteiger partial charge < -0.3 is 35.1 Å². The second-order valence-electron chi connectivity index (χ2n) is 20.5. The molecule has 0 radical (unpaired) electrons. The van der Waals surface area contributed by atoms with Gasteiger partial charge in [-0.3, -0.25) is 48.5 Å². The number of nitrogens with one attached hydrogen (secondary N) is 2. The molecule has 21 heteroatoms. The van der Waals surface area contributed by atoms with E-state index in [4.69, 9.17) is 4.43 Å². The van der Waals surface area contributed by atoms with Crippen molar-refractivity contribution in [2.75, 3.05) is 52.1 Å². The number of aryl methyl sites for hydroxylation is 1. The molecule has 2 unspecified atom stereocenters. The first-order chi connectivity index (χ1) is 35.7. The number of likely N-dealkylation sites (N-methyl/N-ethyl adjacent to an activating group) is 4. The van der Waals surface area contributed by atoms with Gasteiger partial charge in [0.25, 0.3) is 20.1 Å². The van der Waals surface area contributed by atoms with E-state index in [9.17, 15) is 43.8 Å². The van der Waals surface area contributed by atoms with Crippen LogP contribution >= 0.6 is 0 Å². The van der Waals surface area contributed by atoms with Crippen LogP contribution in [-0.4, -0.2) is 132 Å². The van der Waals surface area contributed by atoms with Gasteiger partial charge in [0, 0.05) is 77.9 Å². The van der Waals surface area contributed by atoms with Crippen LogP contribution < -0.4 is 24.9 Å². The van der Waals surface area contributed by atoms with Crippen molar-refractivity contribution in [3.05, 3.63) is 95.9 Å². The maximum atomic E-state index is 14.1. The summed E-state index contributed by atoms with van der Waals surface area (Å²) in [6.45, 7) is 22.4. The molecule has 2 atom stereocenters. The number of hydrogen-bond acceptors (Lipinski definition) is 13. The zero-order valence-electron chi connectivity index (χ0n) is 45.9. The maximum Gasteiger partial charge on any atom is 0.336 e. The van der Waals surface area contributed by atoms with Crippen LogP contribution in [0.4, 0.5) is 11.6 Å². The molecule has 0 saturated heterocycles. The highest BCUT2D eigenvalue weighted by atomic mass is 28.4. The number of hydrogen-bond donors (Lipinski definition) is 4. The molecule has 0 fully saturated rings. The molecule has 6 rings (SSSR count). The van der Waals surface area contributed by atoms with Gasteiger partial charge in [-0.25, -0.2) is 14.8 Å². The van der Waals surface area contributed by atoms with Crippen molar-refractivity contribution in [3.63, 3.8) is 0 Å². The number of anilines is 2. The number of carboxylic acid groups (broad SMARTS) is 1. The number of amides is 6. The van der Waals surface area contributed by atoms with Crippen LogP contribution in [0.15, 0.2) is 73.4 Å². The number of carbonyl (C=O) groups is 7.